The molecule has 2 aliphatic heterocycles. The van der Waals surface area contributed by atoms with Gasteiger partial charge in [0.2, 0.25) is 5.91 Å². The fourth-order valence-electron chi connectivity index (χ4n) is 4.19. The van der Waals surface area contributed by atoms with Gasteiger partial charge in [0.05, 0.1) is 0 Å². The van der Waals surface area contributed by atoms with Crippen LogP contribution < -0.4 is 0 Å². The number of hydrogen-bond acceptors (Lipinski definition) is 3. The summed E-state index contributed by atoms with van der Waals surface area (Å²) in [6.45, 7) is 16.7. The van der Waals surface area contributed by atoms with Crippen molar-refractivity contribution in [3.05, 3.63) is 0 Å². The van der Waals surface area contributed by atoms with E-state index in [2.05, 4.69) is 42.4 Å². The molecule has 128 valence electrons. The van der Waals surface area contributed by atoms with Crippen LogP contribution in [0.4, 0.5) is 0 Å². The lowest BCUT2D eigenvalue weighted by Gasteiger charge is -2.47. The number of carbonyl (C=O) groups excluding carboxylic acids is 1. The van der Waals surface area contributed by atoms with Gasteiger partial charge in [0.25, 0.3) is 0 Å². The molecule has 0 saturated carbocycles. The monoisotopic (exact) mass is 309 g/mol. The van der Waals surface area contributed by atoms with Crippen LogP contribution in [0, 0.1) is 11.8 Å². The molecule has 0 aromatic rings. The van der Waals surface area contributed by atoms with Crippen LogP contribution in [0.3, 0.4) is 0 Å². The molecule has 1 amide bonds. The van der Waals surface area contributed by atoms with Gasteiger partial charge in [-0.05, 0) is 37.8 Å². The summed E-state index contributed by atoms with van der Waals surface area (Å²) in [5.74, 6) is 1.83. The maximum absolute atomic E-state index is 12.4. The molecule has 0 unspecified atom stereocenters. The zero-order valence-corrected chi connectivity index (χ0v) is 15.1. The molecule has 2 atom stereocenters. The average Bonchev–Trinajstić information content (AvgIpc) is 2.49. The van der Waals surface area contributed by atoms with Crippen LogP contribution in [0.15, 0.2) is 0 Å². The lowest BCUT2D eigenvalue weighted by molar-refractivity contribution is -0.141. The largest absolute Gasteiger partial charge is 0.338 e. The number of amides is 1. The highest BCUT2D eigenvalue weighted by Crippen LogP contribution is 2.31. The van der Waals surface area contributed by atoms with Crippen LogP contribution in [0.25, 0.3) is 0 Å². The number of fused-ring (bicyclic) bond motifs is 1. The van der Waals surface area contributed by atoms with Gasteiger partial charge in [-0.25, -0.2) is 0 Å². The van der Waals surface area contributed by atoms with Crippen LogP contribution in [0.1, 0.15) is 47.0 Å². The van der Waals surface area contributed by atoms with Gasteiger partial charge in [-0.2, -0.15) is 0 Å². The molecule has 2 fully saturated rings. The third kappa shape index (κ3) is 4.45. The van der Waals surface area contributed by atoms with Gasteiger partial charge >= 0.3 is 0 Å². The Balaban J connectivity index is 1.92. The first-order valence-electron chi connectivity index (χ1n) is 9.29. The van der Waals surface area contributed by atoms with Crippen LogP contribution in [0.2, 0.25) is 0 Å². The Kier molecular flexibility index (Phi) is 6.69. The Morgan fingerprint density at radius 2 is 1.95 bits per heavy atom. The summed E-state index contributed by atoms with van der Waals surface area (Å²) >= 11 is 0. The molecule has 0 aliphatic carbocycles. The van der Waals surface area contributed by atoms with Gasteiger partial charge in [-0.1, -0.05) is 27.7 Å². The SMILES string of the molecule is CCN(CC)CCN1C(=O)CC[C@@H]2CN(CC(C)C)CC[C@@H]21. The number of carbonyl (C=O) groups is 1. The van der Waals surface area contributed by atoms with Crippen LogP contribution in [-0.4, -0.2) is 72.5 Å². The van der Waals surface area contributed by atoms with E-state index < -0.39 is 0 Å². The molecule has 4 heteroatoms. The van der Waals surface area contributed by atoms with E-state index in [1.807, 2.05) is 0 Å². The second-order valence-electron chi connectivity index (χ2n) is 7.42. The predicted molar refractivity (Wildman–Crippen MR) is 91.9 cm³/mol. The summed E-state index contributed by atoms with van der Waals surface area (Å²) in [5.41, 5.74) is 0. The fraction of sp³-hybridized carbons (Fsp3) is 0.944. The summed E-state index contributed by atoms with van der Waals surface area (Å²) in [5, 5.41) is 0. The third-order valence-electron chi connectivity index (χ3n) is 5.40. The third-order valence-corrected chi connectivity index (χ3v) is 5.40. The summed E-state index contributed by atoms with van der Waals surface area (Å²) in [7, 11) is 0. The minimum absolute atomic E-state index is 0.394. The van der Waals surface area contributed by atoms with Crippen LogP contribution >= 0.6 is 0 Å². The molecule has 2 aliphatic rings. The summed E-state index contributed by atoms with van der Waals surface area (Å²) in [6, 6.07) is 0.500. The number of nitrogens with zero attached hydrogens (tertiary/aromatic N) is 3. The number of piperidine rings is 2. The topological polar surface area (TPSA) is 26.8 Å². The van der Waals surface area contributed by atoms with Gasteiger partial charge in [-0.15, -0.1) is 0 Å². The second-order valence-corrected chi connectivity index (χ2v) is 7.42. The molecule has 2 heterocycles. The minimum Gasteiger partial charge on any atom is -0.338 e. The van der Waals surface area contributed by atoms with Crippen molar-refractivity contribution in [1.29, 1.82) is 0 Å². The van der Waals surface area contributed by atoms with Gasteiger partial charge < -0.3 is 14.7 Å². The van der Waals surface area contributed by atoms with Crippen molar-refractivity contribution in [2.24, 2.45) is 11.8 Å². The Morgan fingerprint density at radius 1 is 1.23 bits per heavy atom. The quantitative estimate of drug-likeness (QED) is 0.722. The van der Waals surface area contributed by atoms with Crippen molar-refractivity contribution >= 4 is 5.91 Å². The van der Waals surface area contributed by atoms with Crippen molar-refractivity contribution in [3.8, 4) is 0 Å². The highest BCUT2D eigenvalue weighted by atomic mass is 16.2. The number of likely N-dealkylation sites (tertiary alicyclic amines) is 2. The molecule has 0 spiro atoms. The average molecular weight is 309 g/mol. The summed E-state index contributed by atoms with van der Waals surface area (Å²) < 4.78 is 0. The number of hydrogen-bond donors (Lipinski definition) is 0. The van der Waals surface area contributed by atoms with E-state index in [0.29, 0.717) is 17.9 Å². The Morgan fingerprint density at radius 3 is 2.59 bits per heavy atom. The molecule has 2 saturated heterocycles. The van der Waals surface area contributed by atoms with Crippen molar-refractivity contribution < 1.29 is 4.79 Å². The van der Waals surface area contributed by atoms with Gasteiger partial charge in [0.1, 0.15) is 0 Å². The van der Waals surface area contributed by atoms with E-state index in [1.54, 1.807) is 0 Å². The van der Waals surface area contributed by atoms with E-state index in [4.69, 9.17) is 0 Å². The van der Waals surface area contributed by atoms with E-state index in [9.17, 15) is 4.79 Å². The maximum Gasteiger partial charge on any atom is 0.222 e. The highest BCUT2D eigenvalue weighted by Gasteiger charge is 2.39. The molecule has 0 aromatic heterocycles. The van der Waals surface area contributed by atoms with E-state index in [0.717, 1.165) is 51.5 Å². The first-order valence-corrected chi connectivity index (χ1v) is 9.29. The smallest absolute Gasteiger partial charge is 0.222 e. The predicted octanol–water partition coefficient (Wildman–Crippen LogP) is 2.30. The first kappa shape index (κ1) is 17.7. The molecule has 0 aromatic carbocycles. The molecule has 0 N–H and O–H groups in total. The summed E-state index contributed by atoms with van der Waals surface area (Å²) in [4.78, 5) is 19.6. The lowest BCUT2D eigenvalue weighted by atomic mass is 9.83. The summed E-state index contributed by atoms with van der Waals surface area (Å²) in [6.07, 6.45) is 3.02. The number of rotatable bonds is 7. The van der Waals surface area contributed by atoms with Gasteiger partial charge in [0, 0.05) is 45.2 Å². The molecule has 0 radical (unpaired) electrons. The molecular weight excluding hydrogens is 274 g/mol. The van der Waals surface area contributed by atoms with Crippen molar-refractivity contribution in [3.63, 3.8) is 0 Å². The molecule has 2 rings (SSSR count). The van der Waals surface area contributed by atoms with E-state index in [-0.39, 0.29) is 0 Å². The molecule has 4 nitrogen and oxygen atoms in total. The van der Waals surface area contributed by atoms with Gasteiger partial charge in [0.15, 0.2) is 0 Å². The Bertz CT molecular complexity index is 354. The second kappa shape index (κ2) is 8.30. The van der Waals surface area contributed by atoms with Crippen LogP contribution in [-0.2, 0) is 4.79 Å². The highest BCUT2D eigenvalue weighted by molar-refractivity contribution is 5.77. The molecular formula is C18H35N3O. The van der Waals surface area contributed by atoms with E-state index >= 15 is 0 Å². The molecule has 22 heavy (non-hydrogen) atoms. The van der Waals surface area contributed by atoms with Gasteiger partial charge in [-0.3, -0.25) is 4.79 Å². The maximum atomic E-state index is 12.4. The van der Waals surface area contributed by atoms with E-state index in [1.165, 1.54) is 19.5 Å². The zero-order valence-electron chi connectivity index (χ0n) is 15.1. The Labute approximate surface area is 136 Å². The van der Waals surface area contributed by atoms with Crippen molar-refractivity contribution in [2.75, 3.05) is 45.8 Å². The Hall–Kier alpha value is -0.610. The number of likely N-dealkylation sites (N-methyl/N-ethyl adjacent to an activating group) is 1. The minimum atomic E-state index is 0.394. The lowest BCUT2D eigenvalue weighted by Crippen LogP contribution is -2.57. The fourth-order valence-corrected chi connectivity index (χ4v) is 4.19. The normalized spacial score (nSPS) is 26.8. The first-order chi connectivity index (χ1) is 10.5. The van der Waals surface area contributed by atoms with Crippen molar-refractivity contribution in [2.45, 2.75) is 53.0 Å². The molecule has 0 bridgehead atoms. The van der Waals surface area contributed by atoms with Crippen molar-refractivity contribution in [1.82, 2.24) is 14.7 Å². The standard InChI is InChI=1S/C18H35N3O/c1-5-19(6-2)11-12-21-17-9-10-20(13-15(3)4)14-16(17)7-8-18(21)22/h15-17H,5-14H2,1-4H3/t16-,17+/m1/s1. The zero-order chi connectivity index (χ0) is 16.1. The van der Waals surface area contributed by atoms with Crippen LogP contribution in [0.5, 0.6) is 0 Å².